The molecule has 96 valence electrons. The predicted molar refractivity (Wildman–Crippen MR) is 68.2 cm³/mol. The maximum Gasteiger partial charge on any atom is 0.272 e. The molecule has 2 unspecified atom stereocenters. The molecule has 0 saturated heterocycles. The first kappa shape index (κ1) is 14.0. The first-order chi connectivity index (χ1) is 7.70. The second kappa shape index (κ2) is 6.02. The maximum atomic E-state index is 11.8. The SMILES string of the molecule is Cc1cc(C(=O)NC2CCCC2CN)n[nH]1.Cl. The van der Waals surface area contributed by atoms with Gasteiger partial charge < -0.3 is 11.1 Å². The van der Waals surface area contributed by atoms with E-state index in [1.165, 1.54) is 0 Å². The van der Waals surface area contributed by atoms with Gasteiger partial charge in [-0.05, 0) is 38.3 Å². The van der Waals surface area contributed by atoms with Crippen molar-refractivity contribution in [1.29, 1.82) is 0 Å². The molecule has 5 nitrogen and oxygen atoms in total. The molecule has 1 aliphatic carbocycles. The summed E-state index contributed by atoms with van der Waals surface area (Å²) in [6.45, 7) is 2.52. The molecule has 1 amide bonds. The molecule has 0 spiro atoms. The Hall–Kier alpha value is -1.07. The van der Waals surface area contributed by atoms with Crippen LogP contribution in [-0.2, 0) is 0 Å². The average molecular weight is 259 g/mol. The summed E-state index contributed by atoms with van der Waals surface area (Å²) >= 11 is 0. The van der Waals surface area contributed by atoms with Crippen LogP contribution in [0.3, 0.4) is 0 Å². The van der Waals surface area contributed by atoms with Crippen LogP contribution in [0.1, 0.15) is 35.4 Å². The van der Waals surface area contributed by atoms with E-state index in [1.807, 2.05) is 6.92 Å². The highest BCUT2D eigenvalue weighted by atomic mass is 35.5. The van der Waals surface area contributed by atoms with E-state index >= 15 is 0 Å². The van der Waals surface area contributed by atoms with E-state index in [9.17, 15) is 4.79 Å². The molecule has 17 heavy (non-hydrogen) atoms. The van der Waals surface area contributed by atoms with Gasteiger partial charge >= 0.3 is 0 Å². The number of hydrogen-bond acceptors (Lipinski definition) is 3. The molecule has 1 saturated carbocycles. The Morgan fingerprint density at radius 2 is 2.41 bits per heavy atom. The van der Waals surface area contributed by atoms with Gasteiger partial charge in [0.25, 0.3) is 5.91 Å². The third-order valence-electron chi connectivity index (χ3n) is 3.22. The zero-order chi connectivity index (χ0) is 11.5. The number of nitrogens with two attached hydrogens (primary N) is 1. The van der Waals surface area contributed by atoms with Crippen molar-refractivity contribution in [2.75, 3.05) is 6.54 Å². The highest BCUT2D eigenvalue weighted by molar-refractivity contribution is 5.92. The lowest BCUT2D eigenvalue weighted by Gasteiger charge is -2.18. The van der Waals surface area contributed by atoms with Crippen molar-refractivity contribution in [2.45, 2.75) is 32.2 Å². The van der Waals surface area contributed by atoms with Gasteiger partial charge in [-0.3, -0.25) is 9.89 Å². The number of nitrogens with zero attached hydrogens (tertiary/aromatic N) is 1. The van der Waals surface area contributed by atoms with E-state index in [0.29, 0.717) is 18.2 Å². The Balaban J connectivity index is 0.00000144. The third-order valence-corrected chi connectivity index (χ3v) is 3.22. The van der Waals surface area contributed by atoms with Crippen molar-refractivity contribution in [3.63, 3.8) is 0 Å². The van der Waals surface area contributed by atoms with Crippen molar-refractivity contribution >= 4 is 18.3 Å². The standard InChI is InChI=1S/C11H18N4O.ClH/c1-7-5-10(15-14-7)11(16)13-9-4-2-3-8(9)6-12;/h5,8-9H,2-4,6,12H2,1H3,(H,13,16)(H,14,15);1H. The molecule has 4 N–H and O–H groups in total. The van der Waals surface area contributed by atoms with Crippen molar-refractivity contribution in [2.24, 2.45) is 11.7 Å². The van der Waals surface area contributed by atoms with Crippen molar-refractivity contribution in [1.82, 2.24) is 15.5 Å². The second-order valence-electron chi connectivity index (χ2n) is 4.44. The van der Waals surface area contributed by atoms with Gasteiger partial charge in [0.05, 0.1) is 0 Å². The smallest absolute Gasteiger partial charge is 0.272 e. The number of hydrogen-bond donors (Lipinski definition) is 3. The predicted octanol–water partition coefficient (Wildman–Crippen LogP) is 0.997. The Kier molecular flexibility index (Phi) is 4.96. The van der Waals surface area contributed by atoms with Gasteiger partial charge in [-0.15, -0.1) is 12.4 Å². The number of aromatic nitrogens is 2. The summed E-state index contributed by atoms with van der Waals surface area (Å²) in [7, 11) is 0. The van der Waals surface area contributed by atoms with Gasteiger partial charge in [-0.25, -0.2) is 0 Å². The molecular weight excluding hydrogens is 240 g/mol. The van der Waals surface area contributed by atoms with Crippen LogP contribution >= 0.6 is 12.4 Å². The molecule has 0 radical (unpaired) electrons. The normalized spacial score (nSPS) is 23.2. The Morgan fingerprint density at radius 3 is 3.00 bits per heavy atom. The molecule has 0 bridgehead atoms. The maximum absolute atomic E-state index is 11.8. The molecule has 1 aromatic rings. The molecule has 2 atom stereocenters. The number of carbonyl (C=O) groups is 1. The number of carbonyl (C=O) groups excluding carboxylic acids is 1. The lowest BCUT2D eigenvalue weighted by atomic mass is 10.0. The number of rotatable bonds is 3. The zero-order valence-electron chi connectivity index (χ0n) is 9.90. The minimum absolute atomic E-state index is 0. The van der Waals surface area contributed by atoms with E-state index < -0.39 is 0 Å². The van der Waals surface area contributed by atoms with E-state index in [2.05, 4.69) is 15.5 Å². The first-order valence-electron chi connectivity index (χ1n) is 5.73. The van der Waals surface area contributed by atoms with Crippen LogP contribution in [0.25, 0.3) is 0 Å². The Morgan fingerprint density at radius 1 is 1.65 bits per heavy atom. The largest absolute Gasteiger partial charge is 0.348 e. The molecule has 2 rings (SSSR count). The van der Waals surface area contributed by atoms with Crippen LogP contribution in [0.2, 0.25) is 0 Å². The summed E-state index contributed by atoms with van der Waals surface area (Å²) in [5.41, 5.74) is 7.02. The van der Waals surface area contributed by atoms with Crippen molar-refractivity contribution < 1.29 is 4.79 Å². The van der Waals surface area contributed by atoms with Gasteiger partial charge in [0.15, 0.2) is 0 Å². The fraction of sp³-hybridized carbons (Fsp3) is 0.636. The first-order valence-corrected chi connectivity index (χ1v) is 5.73. The average Bonchev–Trinajstić information content (AvgIpc) is 2.86. The number of amides is 1. The van der Waals surface area contributed by atoms with Gasteiger partial charge in [0.1, 0.15) is 5.69 Å². The van der Waals surface area contributed by atoms with Crippen molar-refractivity contribution in [3.8, 4) is 0 Å². The molecule has 1 aliphatic rings. The number of aryl methyl sites for hydroxylation is 1. The van der Waals surface area contributed by atoms with Crippen molar-refractivity contribution in [3.05, 3.63) is 17.5 Å². The third kappa shape index (κ3) is 3.20. The second-order valence-corrected chi connectivity index (χ2v) is 4.44. The van der Waals surface area contributed by atoms with Crippen LogP contribution in [0.4, 0.5) is 0 Å². The zero-order valence-corrected chi connectivity index (χ0v) is 10.7. The minimum Gasteiger partial charge on any atom is -0.348 e. The van der Waals surface area contributed by atoms with Gasteiger partial charge in [-0.2, -0.15) is 5.10 Å². The quantitative estimate of drug-likeness (QED) is 0.756. The monoisotopic (exact) mass is 258 g/mol. The van der Waals surface area contributed by atoms with Crippen LogP contribution < -0.4 is 11.1 Å². The summed E-state index contributed by atoms with van der Waals surface area (Å²) < 4.78 is 0. The number of H-pyrrole nitrogens is 1. The molecule has 0 aliphatic heterocycles. The molecule has 1 aromatic heterocycles. The summed E-state index contributed by atoms with van der Waals surface area (Å²) in [6, 6.07) is 1.97. The van der Waals surface area contributed by atoms with Gasteiger partial charge in [0, 0.05) is 11.7 Å². The summed E-state index contributed by atoms with van der Waals surface area (Å²) in [4.78, 5) is 11.8. The molecule has 6 heteroatoms. The van der Waals surface area contributed by atoms with E-state index in [0.717, 1.165) is 25.0 Å². The number of halogens is 1. The number of aromatic amines is 1. The molecule has 1 fully saturated rings. The summed E-state index contributed by atoms with van der Waals surface area (Å²) in [6.07, 6.45) is 3.28. The van der Waals surface area contributed by atoms with E-state index in [4.69, 9.17) is 5.73 Å². The van der Waals surface area contributed by atoms with Crippen LogP contribution in [0.15, 0.2) is 6.07 Å². The van der Waals surface area contributed by atoms with Crippen LogP contribution in [0.5, 0.6) is 0 Å². The highest BCUT2D eigenvalue weighted by Crippen LogP contribution is 2.24. The van der Waals surface area contributed by atoms with Gasteiger partial charge in [0.2, 0.25) is 0 Å². The fourth-order valence-electron chi connectivity index (χ4n) is 2.29. The van der Waals surface area contributed by atoms with Crippen LogP contribution in [-0.4, -0.2) is 28.7 Å². The van der Waals surface area contributed by atoms with Gasteiger partial charge in [-0.1, -0.05) is 6.42 Å². The lowest BCUT2D eigenvalue weighted by molar-refractivity contribution is 0.0923. The molecular formula is C11H19ClN4O. The molecule has 1 heterocycles. The Bertz CT molecular complexity index is 379. The minimum atomic E-state index is -0.102. The van der Waals surface area contributed by atoms with Crippen LogP contribution in [0, 0.1) is 12.8 Å². The Labute approximate surface area is 107 Å². The summed E-state index contributed by atoms with van der Waals surface area (Å²) in [5, 5.41) is 9.71. The summed E-state index contributed by atoms with van der Waals surface area (Å²) in [5.74, 6) is 0.318. The lowest BCUT2D eigenvalue weighted by Crippen LogP contribution is -2.40. The van der Waals surface area contributed by atoms with E-state index in [-0.39, 0.29) is 24.4 Å². The van der Waals surface area contributed by atoms with E-state index in [1.54, 1.807) is 6.07 Å². The highest BCUT2D eigenvalue weighted by Gasteiger charge is 2.27. The molecule has 0 aromatic carbocycles. The number of nitrogens with one attached hydrogen (secondary N) is 2. The fourth-order valence-corrected chi connectivity index (χ4v) is 2.29. The topological polar surface area (TPSA) is 83.8 Å².